The smallest absolute Gasteiger partial charge is 0.150 e. The number of likely N-dealkylation sites (N-methyl/N-ethyl adjacent to an activating group) is 1. The second-order valence-electron chi connectivity index (χ2n) is 3.56. The van der Waals surface area contributed by atoms with Crippen molar-refractivity contribution in [3.8, 4) is 6.07 Å². The minimum atomic E-state index is 0.421. The normalized spacial score (nSPS) is 10.1. The predicted molar refractivity (Wildman–Crippen MR) is 65.0 cm³/mol. The molecule has 0 unspecified atom stereocenters. The molecule has 0 aliphatic carbocycles. The highest BCUT2D eigenvalue weighted by atomic mass is 15.1. The third-order valence-electron chi connectivity index (χ3n) is 2.44. The number of nitrogens with one attached hydrogen (secondary N) is 1. The van der Waals surface area contributed by atoms with E-state index in [0.717, 1.165) is 19.6 Å². The number of pyridine rings is 1. The second kappa shape index (κ2) is 5.93. The Balaban J connectivity index is 2.58. The van der Waals surface area contributed by atoms with E-state index < -0.39 is 0 Å². The van der Waals surface area contributed by atoms with E-state index >= 15 is 0 Å². The van der Waals surface area contributed by atoms with Gasteiger partial charge in [-0.25, -0.2) is 4.98 Å². The van der Waals surface area contributed by atoms with E-state index in [1.807, 2.05) is 13.1 Å². The summed E-state index contributed by atoms with van der Waals surface area (Å²) in [6.07, 6.45) is 1.58. The van der Waals surface area contributed by atoms with Crippen LogP contribution in [0.1, 0.15) is 12.5 Å². The maximum atomic E-state index is 8.80. The number of nitrogens with zero attached hydrogens (tertiary/aromatic N) is 3. The maximum Gasteiger partial charge on any atom is 0.150 e. The first-order valence-corrected chi connectivity index (χ1v) is 5.26. The zero-order chi connectivity index (χ0) is 12.0. The third-order valence-corrected chi connectivity index (χ3v) is 2.44. The summed E-state index contributed by atoms with van der Waals surface area (Å²) in [7, 11) is 2.05. The molecule has 1 aromatic rings. The van der Waals surface area contributed by atoms with E-state index in [0.29, 0.717) is 17.1 Å². The summed E-state index contributed by atoms with van der Waals surface area (Å²) < 4.78 is 0. The molecule has 0 aliphatic rings. The molecule has 1 heterocycles. The number of hydrogen-bond donors (Lipinski definition) is 2. The molecule has 16 heavy (non-hydrogen) atoms. The van der Waals surface area contributed by atoms with Gasteiger partial charge in [-0.1, -0.05) is 6.92 Å². The van der Waals surface area contributed by atoms with E-state index in [1.165, 1.54) is 0 Å². The van der Waals surface area contributed by atoms with Crippen LogP contribution in [0.25, 0.3) is 0 Å². The molecule has 3 N–H and O–H groups in total. The van der Waals surface area contributed by atoms with Gasteiger partial charge in [-0.05, 0) is 19.7 Å². The van der Waals surface area contributed by atoms with Gasteiger partial charge in [0.05, 0.1) is 11.3 Å². The fourth-order valence-corrected chi connectivity index (χ4v) is 1.23. The number of nitrogens with two attached hydrogens (primary N) is 1. The van der Waals surface area contributed by atoms with Crippen molar-refractivity contribution >= 4 is 11.5 Å². The van der Waals surface area contributed by atoms with Crippen LogP contribution in [0.15, 0.2) is 12.3 Å². The van der Waals surface area contributed by atoms with E-state index in [2.05, 4.69) is 22.1 Å². The molecular formula is C11H17N5. The minimum absolute atomic E-state index is 0.421. The molecule has 0 radical (unpaired) electrons. The van der Waals surface area contributed by atoms with Gasteiger partial charge in [0.15, 0.2) is 5.82 Å². The molecule has 1 rings (SSSR count). The van der Waals surface area contributed by atoms with Gasteiger partial charge in [-0.2, -0.15) is 5.26 Å². The Morgan fingerprint density at radius 1 is 1.62 bits per heavy atom. The Kier molecular flexibility index (Phi) is 4.55. The largest absolute Gasteiger partial charge is 0.395 e. The van der Waals surface area contributed by atoms with Gasteiger partial charge in [0.25, 0.3) is 0 Å². The van der Waals surface area contributed by atoms with Crippen LogP contribution < -0.4 is 11.1 Å². The highest BCUT2D eigenvalue weighted by molar-refractivity contribution is 5.68. The number of aromatic nitrogens is 1. The van der Waals surface area contributed by atoms with Crippen LogP contribution in [0.5, 0.6) is 0 Å². The minimum Gasteiger partial charge on any atom is -0.395 e. The lowest BCUT2D eigenvalue weighted by molar-refractivity contribution is 0.367. The van der Waals surface area contributed by atoms with Crippen molar-refractivity contribution in [2.75, 3.05) is 37.7 Å². The number of nitriles is 1. The Labute approximate surface area is 95.9 Å². The second-order valence-corrected chi connectivity index (χ2v) is 3.56. The van der Waals surface area contributed by atoms with Crippen LogP contribution in [0.2, 0.25) is 0 Å². The summed E-state index contributed by atoms with van der Waals surface area (Å²) in [5, 5.41) is 11.9. The van der Waals surface area contributed by atoms with Crippen LogP contribution in [0.4, 0.5) is 11.5 Å². The summed E-state index contributed by atoms with van der Waals surface area (Å²) in [5.74, 6) is 0.587. The van der Waals surface area contributed by atoms with Gasteiger partial charge in [0.1, 0.15) is 6.07 Å². The molecule has 0 atom stereocenters. The predicted octanol–water partition coefficient (Wildman–Crippen LogP) is 0.899. The number of rotatable bonds is 5. The van der Waals surface area contributed by atoms with E-state index in [9.17, 15) is 0 Å². The summed E-state index contributed by atoms with van der Waals surface area (Å²) in [6, 6.07) is 3.64. The van der Waals surface area contributed by atoms with Gasteiger partial charge in [-0.15, -0.1) is 0 Å². The number of anilines is 2. The van der Waals surface area contributed by atoms with Gasteiger partial charge in [0, 0.05) is 19.3 Å². The summed E-state index contributed by atoms with van der Waals surface area (Å²) >= 11 is 0. The maximum absolute atomic E-state index is 8.80. The van der Waals surface area contributed by atoms with Crippen molar-refractivity contribution in [2.24, 2.45) is 0 Å². The Hall–Kier alpha value is -1.80. The van der Waals surface area contributed by atoms with Crippen molar-refractivity contribution in [1.82, 2.24) is 9.88 Å². The molecule has 86 valence electrons. The quantitative estimate of drug-likeness (QED) is 0.769. The molecule has 5 nitrogen and oxygen atoms in total. The molecule has 0 bridgehead atoms. The molecule has 0 saturated carbocycles. The lowest BCUT2D eigenvalue weighted by Crippen LogP contribution is -2.25. The van der Waals surface area contributed by atoms with Gasteiger partial charge in [-0.3, -0.25) is 0 Å². The summed E-state index contributed by atoms with van der Waals surface area (Å²) in [4.78, 5) is 6.28. The van der Waals surface area contributed by atoms with Crippen LogP contribution in [-0.2, 0) is 0 Å². The molecule has 1 aromatic heterocycles. The number of hydrogen-bond acceptors (Lipinski definition) is 5. The average molecular weight is 219 g/mol. The van der Waals surface area contributed by atoms with E-state index in [4.69, 9.17) is 11.0 Å². The fraction of sp³-hybridized carbons (Fsp3) is 0.455. The lowest BCUT2D eigenvalue weighted by atomic mass is 10.2. The third kappa shape index (κ3) is 3.11. The SMILES string of the molecule is CCN(C)CCNc1nccc(C#N)c1N. The molecule has 0 fully saturated rings. The first-order chi connectivity index (χ1) is 7.69. The summed E-state index contributed by atoms with van der Waals surface area (Å²) in [5.41, 5.74) is 6.66. The zero-order valence-corrected chi connectivity index (χ0v) is 9.70. The van der Waals surface area contributed by atoms with Crippen molar-refractivity contribution in [1.29, 1.82) is 5.26 Å². The van der Waals surface area contributed by atoms with Crippen LogP contribution >= 0.6 is 0 Å². The molecule has 0 spiro atoms. The van der Waals surface area contributed by atoms with Gasteiger partial charge >= 0.3 is 0 Å². The zero-order valence-electron chi connectivity index (χ0n) is 9.70. The van der Waals surface area contributed by atoms with Gasteiger partial charge in [0.2, 0.25) is 0 Å². The Morgan fingerprint density at radius 2 is 2.38 bits per heavy atom. The lowest BCUT2D eigenvalue weighted by Gasteiger charge is -2.15. The topological polar surface area (TPSA) is 78.0 Å². The average Bonchev–Trinajstić information content (AvgIpc) is 2.31. The van der Waals surface area contributed by atoms with Crippen LogP contribution in [-0.4, -0.2) is 36.6 Å². The first-order valence-electron chi connectivity index (χ1n) is 5.26. The fourth-order valence-electron chi connectivity index (χ4n) is 1.23. The molecule has 0 amide bonds. The summed E-state index contributed by atoms with van der Waals surface area (Å²) in [6.45, 7) is 4.77. The highest BCUT2D eigenvalue weighted by Gasteiger charge is 2.05. The van der Waals surface area contributed by atoms with E-state index in [1.54, 1.807) is 12.3 Å². The molecule has 0 aliphatic heterocycles. The highest BCUT2D eigenvalue weighted by Crippen LogP contribution is 2.18. The standard InChI is InChI=1S/C11H17N5/c1-3-16(2)7-6-15-11-10(13)9(8-12)4-5-14-11/h4-5H,3,6-7,13H2,1-2H3,(H,14,15). The number of nitrogen functional groups attached to an aromatic ring is 1. The molecule has 0 aromatic carbocycles. The Morgan fingerprint density at radius 3 is 3.00 bits per heavy atom. The molecule has 0 saturated heterocycles. The Bertz CT molecular complexity index is 382. The van der Waals surface area contributed by atoms with Crippen LogP contribution in [0.3, 0.4) is 0 Å². The van der Waals surface area contributed by atoms with Crippen molar-refractivity contribution in [3.63, 3.8) is 0 Å². The van der Waals surface area contributed by atoms with Gasteiger partial charge < -0.3 is 16.0 Å². The van der Waals surface area contributed by atoms with Crippen molar-refractivity contribution in [2.45, 2.75) is 6.92 Å². The monoisotopic (exact) mass is 219 g/mol. The molecular weight excluding hydrogens is 202 g/mol. The van der Waals surface area contributed by atoms with E-state index in [-0.39, 0.29) is 0 Å². The molecule has 5 heteroatoms. The first kappa shape index (κ1) is 12.3. The van der Waals surface area contributed by atoms with Crippen molar-refractivity contribution in [3.05, 3.63) is 17.8 Å². The van der Waals surface area contributed by atoms with Crippen molar-refractivity contribution < 1.29 is 0 Å². The van der Waals surface area contributed by atoms with Crippen LogP contribution in [0, 0.1) is 11.3 Å².